The quantitative estimate of drug-likeness (QED) is 0.382. The summed E-state index contributed by atoms with van der Waals surface area (Å²) >= 11 is 0. The van der Waals surface area contributed by atoms with E-state index in [1.807, 2.05) is 0 Å². The lowest BCUT2D eigenvalue weighted by atomic mass is 10.1. The molecule has 0 unspecified atom stereocenters. The van der Waals surface area contributed by atoms with Gasteiger partial charge in [0.05, 0.1) is 0 Å². The van der Waals surface area contributed by atoms with Gasteiger partial charge in [-0.15, -0.1) is 0 Å². The van der Waals surface area contributed by atoms with Crippen molar-refractivity contribution in [1.29, 1.82) is 0 Å². The van der Waals surface area contributed by atoms with E-state index >= 15 is 0 Å². The predicted octanol–water partition coefficient (Wildman–Crippen LogP) is 4.70. The molecular formula is C12H24. The van der Waals surface area contributed by atoms with E-state index in [1.165, 1.54) is 44.9 Å². The van der Waals surface area contributed by atoms with Crippen LogP contribution in [0.25, 0.3) is 0 Å². The van der Waals surface area contributed by atoms with Crippen molar-refractivity contribution in [2.45, 2.75) is 65.7 Å². The van der Waals surface area contributed by atoms with Crippen LogP contribution in [0, 0.1) is 0 Å². The van der Waals surface area contributed by atoms with Crippen LogP contribution in [0.2, 0.25) is 0 Å². The Morgan fingerprint density at radius 3 is 2.25 bits per heavy atom. The lowest BCUT2D eigenvalue weighted by Crippen LogP contribution is -1.78. The molecular weight excluding hydrogens is 144 g/mol. The monoisotopic (exact) mass is 168 g/mol. The van der Waals surface area contributed by atoms with Gasteiger partial charge in [-0.1, -0.05) is 44.8 Å². The molecule has 0 saturated carbocycles. The molecule has 0 nitrogen and oxygen atoms in total. The lowest BCUT2D eigenvalue weighted by Gasteiger charge is -1.99. The van der Waals surface area contributed by atoms with Crippen molar-refractivity contribution in [2.75, 3.05) is 0 Å². The van der Waals surface area contributed by atoms with E-state index in [4.69, 9.17) is 0 Å². The Bertz CT molecular complexity index is 111. The Morgan fingerprint density at radius 2 is 1.67 bits per heavy atom. The van der Waals surface area contributed by atoms with Crippen LogP contribution in [0.15, 0.2) is 11.6 Å². The number of unbranched alkanes of at least 4 members (excludes halogenated alkanes) is 4. The lowest BCUT2D eigenvalue weighted by molar-refractivity contribution is 0.720. The second-order valence-electron chi connectivity index (χ2n) is 3.65. The first-order valence-corrected chi connectivity index (χ1v) is 5.46. The smallest absolute Gasteiger partial charge is 0.0323 e. The van der Waals surface area contributed by atoms with Gasteiger partial charge in [-0.25, -0.2) is 0 Å². The van der Waals surface area contributed by atoms with Gasteiger partial charge in [-0.05, 0) is 32.6 Å². The molecule has 0 aromatic carbocycles. The highest BCUT2D eigenvalue weighted by atomic mass is 14.0. The van der Waals surface area contributed by atoms with E-state index in [1.54, 1.807) is 5.57 Å². The van der Waals surface area contributed by atoms with Crippen LogP contribution < -0.4 is 0 Å². The van der Waals surface area contributed by atoms with Gasteiger partial charge in [0.25, 0.3) is 0 Å². The Hall–Kier alpha value is -0.260. The third kappa shape index (κ3) is 7.84. The maximum atomic E-state index is 2.42. The minimum Gasteiger partial charge on any atom is -0.0856 e. The molecule has 0 aliphatic heterocycles. The summed E-state index contributed by atoms with van der Waals surface area (Å²) in [6.45, 7) is 6.78. The molecule has 0 N–H and O–H groups in total. The second kappa shape index (κ2) is 8.83. The third-order valence-corrected chi connectivity index (χ3v) is 2.23. The molecule has 0 aromatic rings. The molecule has 0 atom stereocenters. The Balaban J connectivity index is 3.28. The molecule has 0 fully saturated rings. The fourth-order valence-electron chi connectivity index (χ4n) is 1.30. The van der Waals surface area contributed by atoms with Gasteiger partial charge in [0.1, 0.15) is 0 Å². The van der Waals surface area contributed by atoms with Gasteiger partial charge in [-0.2, -0.15) is 0 Å². The van der Waals surface area contributed by atoms with Crippen molar-refractivity contribution in [1.82, 2.24) is 0 Å². The zero-order valence-electron chi connectivity index (χ0n) is 9.03. The van der Waals surface area contributed by atoms with Crippen LogP contribution in [0.5, 0.6) is 0 Å². The summed E-state index contributed by atoms with van der Waals surface area (Å²) in [6.07, 6.45) is 11.8. The highest BCUT2D eigenvalue weighted by Gasteiger charge is 1.88. The highest BCUT2D eigenvalue weighted by Crippen LogP contribution is 2.09. The van der Waals surface area contributed by atoms with Crippen LogP contribution in [-0.4, -0.2) is 0 Å². The summed E-state index contributed by atoms with van der Waals surface area (Å²) in [6, 6.07) is 0. The Morgan fingerprint density at radius 1 is 1.00 bits per heavy atom. The molecule has 0 aromatic heterocycles. The Kier molecular flexibility index (Phi) is 8.64. The van der Waals surface area contributed by atoms with E-state index in [9.17, 15) is 0 Å². The summed E-state index contributed by atoms with van der Waals surface area (Å²) < 4.78 is 0. The predicted molar refractivity (Wildman–Crippen MR) is 57.4 cm³/mol. The minimum absolute atomic E-state index is 1.30. The number of allylic oxidation sites excluding steroid dienone is 2. The van der Waals surface area contributed by atoms with E-state index in [2.05, 4.69) is 26.8 Å². The van der Waals surface area contributed by atoms with Crippen molar-refractivity contribution in [2.24, 2.45) is 0 Å². The van der Waals surface area contributed by atoms with Gasteiger partial charge >= 0.3 is 0 Å². The average Bonchev–Trinajstić information content (AvgIpc) is 2.09. The molecule has 0 spiro atoms. The molecule has 12 heavy (non-hydrogen) atoms. The first kappa shape index (κ1) is 11.7. The topological polar surface area (TPSA) is 0 Å². The largest absolute Gasteiger partial charge is 0.0856 e. The van der Waals surface area contributed by atoms with Gasteiger partial charge in [-0.3, -0.25) is 0 Å². The van der Waals surface area contributed by atoms with Crippen LogP contribution in [0.1, 0.15) is 65.7 Å². The van der Waals surface area contributed by atoms with Crippen molar-refractivity contribution >= 4 is 0 Å². The van der Waals surface area contributed by atoms with Gasteiger partial charge < -0.3 is 0 Å². The van der Waals surface area contributed by atoms with Gasteiger partial charge in [0.2, 0.25) is 0 Å². The first-order chi connectivity index (χ1) is 5.81. The maximum absolute atomic E-state index is 2.42. The molecule has 0 heterocycles. The summed E-state index contributed by atoms with van der Waals surface area (Å²) in [5, 5.41) is 0. The van der Waals surface area contributed by atoms with Crippen molar-refractivity contribution in [3.8, 4) is 0 Å². The van der Waals surface area contributed by atoms with Crippen LogP contribution in [0.4, 0.5) is 0 Å². The first-order valence-electron chi connectivity index (χ1n) is 5.46. The third-order valence-electron chi connectivity index (χ3n) is 2.23. The zero-order chi connectivity index (χ0) is 9.23. The molecule has 0 amide bonds. The molecule has 0 radical (unpaired) electrons. The number of rotatable bonds is 7. The van der Waals surface area contributed by atoms with E-state index < -0.39 is 0 Å². The number of hydrogen-bond acceptors (Lipinski definition) is 0. The van der Waals surface area contributed by atoms with E-state index in [0.717, 1.165) is 0 Å². The van der Waals surface area contributed by atoms with Gasteiger partial charge in [0, 0.05) is 0 Å². The van der Waals surface area contributed by atoms with Crippen molar-refractivity contribution in [3.63, 3.8) is 0 Å². The fraction of sp³-hybridized carbons (Fsp3) is 0.833. The van der Waals surface area contributed by atoms with Crippen LogP contribution in [-0.2, 0) is 0 Å². The maximum Gasteiger partial charge on any atom is -0.0323 e. The molecule has 0 aliphatic carbocycles. The molecule has 0 saturated heterocycles. The number of hydrogen-bond donors (Lipinski definition) is 0. The van der Waals surface area contributed by atoms with Crippen LogP contribution >= 0.6 is 0 Å². The summed E-state index contributed by atoms with van der Waals surface area (Å²) in [4.78, 5) is 0. The van der Waals surface area contributed by atoms with E-state index in [-0.39, 0.29) is 0 Å². The molecule has 72 valence electrons. The van der Waals surface area contributed by atoms with Gasteiger partial charge in [0.15, 0.2) is 0 Å². The molecule has 0 bridgehead atoms. The second-order valence-corrected chi connectivity index (χ2v) is 3.65. The summed E-state index contributed by atoms with van der Waals surface area (Å²) in [5.41, 5.74) is 1.59. The Labute approximate surface area is 78.1 Å². The van der Waals surface area contributed by atoms with Crippen molar-refractivity contribution < 1.29 is 0 Å². The molecule has 0 rings (SSSR count). The summed E-state index contributed by atoms with van der Waals surface area (Å²) in [7, 11) is 0. The highest BCUT2D eigenvalue weighted by molar-refractivity contribution is 4.97. The summed E-state index contributed by atoms with van der Waals surface area (Å²) in [5.74, 6) is 0. The van der Waals surface area contributed by atoms with E-state index in [0.29, 0.717) is 0 Å². The SMILES string of the molecule is CCCCC/C=C(/C)CCCC. The average molecular weight is 168 g/mol. The molecule has 0 aliphatic rings. The fourth-order valence-corrected chi connectivity index (χ4v) is 1.30. The normalized spacial score (nSPS) is 12.1. The molecule has 0 heteroatoms. The standard InChI is InChI=1S/C12H24/c1-4-6-8-9-11-12(3)10-7-5-2/h11H,4-10H2,1-3H3/b12-11-. The van der Waals surface area contributed by atoms with Crippen LogP contribution in [0.3, 0.4) is 0 Å². The van der Waals surface area contributed by atoms with Crippen molar-refractivity contribution in [3.05, 3.63) is 11.6 Å². The minimum atomic E-state index is 1.30. The zero-order valence-corrected chi connectivity index (χ0v) is 9.03.